The van der Waals surface area contributed by atoms with Gasteiger partial charge in [-0.25, -0.2) is 24.7 Å². The number of nitrogens with zero attached hydrogens (tertiary/aromatic N) is 4. The van der Waals surface area contributed by atoms with Gasteiger partial charge >= 0.3 is 6.09 Å². The number of pyridine rings is 2. The first-order valence-corrected chi connectivity index (χ1v) is 11.3. The van der Waals surface area contributed by atoms with E-state index < -0.39 is 5.60 Å². The summed E-state index contributed by atoms with van der Waals surface area (Å²) in [6.07, 6.45) is 6.71. The Bertz CT molecular complexity index is 1130. The molecule has 0 radical (unpaired) electrons. The molecular weight excluding hydrogens is 418 g/mol. The Kier molecular flexibility index (Phi) is 6.31. The molecule has 1 aliphatic carbocycles. The van der Waals surface area contributed by atoms with Gasteiger partial charge in [-0.1, -0.05) is 0 Å². The number of rotatable bonds is 4. The summed E-state index contributed by atoms with van der Waals surface area (Å²) in [5, 5.41) is 6.42. The molecule has 1 aliphatic rings. The Labute approximate surface area is 193 Å². The minimum Gasteiger partial charge on any atom is -0.444 e. The van der Waals surface area contributed by atoms with E-state index >= 15 is 0 Å². The summed E-state index contributed by atoms with van der Waals surface area (Å²) in [4.78, 5) is 30.1. The summed E-state index contributed by atoms with van der Waals surface area (Å²) in [7, 11) is 0. The number of hydrogen-bond donors (Lipinski definition) is 3. The van der Waals surface area contributed by atoms with Gasteiger partial charge in [-0.05, 0) is 77.1 Å². The molecule has 0 aromatic carbocycles. The van der Waals surface area contributed by atoms with E-state index in [2.05, 4.69) is 20.6 Å². The number of nitrogens with one attached hydrogen (secondary N) is 2. The first kappa shape index (κ1) is 22.7. The van der Waals surface area contributed by atoms with Gasteiger partial charge in [0, 0.05) is 23.8 Å². The van der Waals surface area contributed by atoms with Gasteiger partial charge in [-0.3, -0.25) is 0 Å². The monoisotopic (exact) mass is 449 g/mol. The third-order valence-electron chi connectivity index (χ3n) is 5.60. The fourth-order valence-corrected chi connectivity index (χ4v) is 4.00. The first-order chi connectivity index (χ1) is 15.7. The summed E-state index contributed by atoms with van der Waals surface area (Å²) in [5.74, 6) is 1.07. The molecule has 1 fully saturated rings. The van der Waals surface area contributed by atoms with E-state index in [4.69, 9.17) is 20.4 Å². The van der Waals surface area contributed by atoms with Crippen LogP contribution in [0.4, 0.5) is 16.6 Å². The lowest BCUT2D eigenvalue weighted by Gasteiger charge is -2.30. The van der Waals surface area contributed by atoms with Crippen molar-refractivity contribution in [1.29, 1.82) is 0 Å². The van der Waals surface area contributed by atoms with E-state index in [9.17, 15) is 4.79 Å². The maximum Gasteiger partial charge on any atom is 0.407 e. The van der Waals surface area contributed by atoms with E-state index in [-0.39, 0.29) is 18.2 Å². The van der Waals surface area contributed by atoms with Crippen LogP contribution in [0.15, 0.2) is 30.6 Å². The molecule has 0 spiro atoms. The number of aromatic nitrogens is 4. The van der Waals surface area contributed by atoms with Gasteiger partial charge in [-0.15, -0.1) is 0 Å². The van der Waals surface area contributed by atoms with Crippen LogP contribution < -0.4 is 16.4 Å². The number of alkyl carbamates (subject to hydrolysis) is 1. The number of amides is 1. The number of fused-ring (bicyclic) bond motifs is 1. The second kappa shape index (κ2) is 9.17. The van der Waals surface area contributed by atoms with E-state index in [1.807, 2.05) is 39.8 Å². The molecule has 0 saturated heterocycles. The fraction of sp³-hybridized carbons (Fsp3) is 0.458. The smallest absolute Gasteiger partial charge is 0.407 e. The minimum atomic E-state index is -0.490. The van der Waals surface area contributed by atoms with Crippen LogP contribution in [0.3, 0.4) is 0 Å². The summed E-state index contributed by atoms with van der Waals surface area (Å²) in [6, 6.07) is 6.05. The Balaban J connectivity index is 1.39. The largest absolute Gasteiger partial charge is 0.444 e. The molecular formula is C24H31N7O2. The van der Waals surface area contributed by atoms with Crippen LogP contribution in [0, 0.1) is 6.92 Å². The van der Waals surface area contributed by atoms with Crippen LogP contribution in [-0.4, -0.2) is 43.7 Å². The number of aryl methyl sites for hydroxylation is 1. The fourth-order valence-electron chi connectivity index (χ4n) is 4.00. The summed E-state index contributed by atoms with van der Waals surface area (Å²) < 4.78 is 5.36. The third-order valence-corrected chi connectivity index (χ3v) is 5.60. The Morgan fingerprint density at radius 2 is 1.79 bits per heavy atom. The number of carbonyl (C=O) groups is 1. The van der Waals surface area contributed by atoms with Gasteiger partial charge < -0.3 is 21.1 Å². The lowest BCUT2D eigenvalue weighted by molar-refractivity contribution is 0.0492. The highest BCUT2D eigenvalue weighted by Crippen LogP contribution is 2.25. The number of carbonyl (C=O) groups excluding carboxylic acids is 1. The van der Waals surface area contributed by atoms with Crippen molar-refractivity contribution >= 4 is 28.9 Å². The Morgan fingerprint density at radius 1 is 1.06 bits per heavy atom. The molecule has 4 N–H and O–H groups in total. The first-order valence-electron chi connectivity index (χ1n) is 11.3. The zero-order valence-electron chi connectivity index (χ0n) is 19.6. The number of nitrogen functional groups attached to an aromatic ring is 1. The Hall–Kier alpha value is -3.49. The number of anilines is 2. The van der Waals surface area contributed by atoms with Crippen LogP contribution in [0.1, 0.15) is 52.0 Å². The molecule has 9 nitrogen and oxygen atoms in total. The molecule has 0 aliphatic heterocycles. The molecule has 3 aromatic rings. The van der Waals surface area contributed by atoms with Gasteiger partial charge in [0.1, 0.15) is 16.9 Å². The SMILES string of the molecule is Cc1cc(-c2ccc(N)nc2)nc2cnc(N[C@H]3CC[C@H](NC(=O)OC(C)(C)C)CC3)nc12. The van der Waals surface area contributed by atoms with Crippen LogP contribution >= 0.6 is 0 Å². The molecule has 1 amide bonds. The highest BCUT2D eigenvalue weighted by Gasteiger charge is 2.25. The highest BCUT2D eigenvalue weighted by atomic mass is 16.6. The molecule has 1 saturated carbocycles. The van der Waals surface area contributed by atoms with Crippen LogP contribution in [0.25, 0.3) is 22.3 Å². The summed E-state index contributed by atoms with van der Waals surface area (Å²) in [6.45, 7) is 7.61. The van der Waals surface area contributed by atoms with Gasteiger partial charge in [0.05, 0.1) is 17.4 Å². The van der Waals surface area contributed by atoms with Crippen molar-refractivity contribution in [3.63, 3.8) is 0 Å². The molecule has 0 bridgehead atoms. The standard InChI is InChI=1S/C24H31N7O2/c1-14-11-18(15-5-10-20(25)26-12-15)30-19-13-27-22(31-21(14)19)28-16-6-8-17(9-7-16)29-23(32)33-24(2,3)4/h5,10-13,16-17H,6-9H2,1-4H3,(H2,25,26)(H,29,32)(H,27,28,31)/t16-,17-. The van der Waals surface area contributed by atoms with E-state index in [1.165, 1.54) is 0 Å². The summed E-state index contributed by atoms with van der Waals surface area (Å²) >= 11 is 0. The van der Waals surface area contributed by atoms with Crippen molar-refractivity contribution in [1.82, 2.24) is 25.3 Å². The molecule has 9 heteroatoms. The maximum atomic E-state index is 12.0. The predicted molar refractivity (Wildman–Crippen MR) is 129 cm³/mol. The quantitative estimate of drug-likeness (QED) is 0.540. The lowest BCUT2D eigenvalue weighted by Crippen LogP contribution is -2.42. The average Bonchev–Trinajstić information content (AvgIpc) is 2.74. The molecule has 3 aromatic heterocycles. The van der Waals surface area contributed by atoms with Crippen LogP contribution in [0.5, 0.6) is 0 Å². The van der Waals surface area contributed by atoms with Crippen LogP contribution in [-0.2, 0) is 4.74 Å². The minimum absolute atomic E-state index is 0.128. The van der Waals surface area contributed by atoms with E-state index in [0.29, 0.717) is 11.8 Å². The molecule has 0 atom stereocenters. The van der Waals surface area contributed by atoms with Gasteiger partial charge in [0.2, 0.25) is 5.95 Å². The molecule has 4 rings (SSSR count). The highest BCUT2D eigenvalue weighted by molar-refractivity contribution is 5.81. The molecule has 174 valence electrons. The normalized spacial score (nSPS) is 18.7. The van der Waals surface area contributed by atoms with Crippen molar-refractivity contribution in [2.24, 2.45) is 0 Å². The van der Waals surface area contributed by atoms with E-state index in [1.54, 1.807) is 18.5 Å². The predicted octanol–water partition coefficient (Wildman–Crippen LogP) is 4.23. The van der Waals surface area contributed by atoms with Crippen molar-refractivity contribution < 1.29 is 9.53 Å². The topological polar surface area (TPSA) is 128 Å². The van der Waals surface area contributed by atoms with Crippen molar-refractivity contribution in [3.05, 3.63) is 36.2 Å². The molecule has 33 heavy (non-hydrogen) atoms. The molecule has 3 heterocycles. The van der Waals surface area contributed by atoms with Gasteiger partial charge in [0.15, 0.2) is 0 Å². The zero-order valence-corrected chi connectivity index (χ0v) is 19.6. The zero-order chi connectivity index (χ0) is 23.6. The number of nitrogens with two attached hydrogens (primary N) is 1. The Morgan fingerprint density at radius 3 is 2.45 bits per heavy atom. The van der Waals surface area contributed by atoms with Crippen LogP contribution in [0.2, 0.25) is 0 Å². The van der Waals surface area contributed by atoms with E-state index in [0.717, 1.165) is 53.5 Å². The van der Waals surface area contributed by atoms with Gasteiger partial charge in [-0.2, -0.15) is 0 Å². The average molecular weight is 450 g/mol. The maximum absolute atomic E-state index is 12.0. The van der Waals surface area contributed by atoms with Crippen molar-refractivity contribution in [2.75, 3.05) is 11.1 Å². The van der Waals surface area contributed by atoms with Gasteiger partial charge in [0.25, 0.3) is 0 Å². The second-order valence-corrected chi connectivity index (χ2v) is 9.56. The summed E-state index contributed by atoms with van der Waals surface area (Å²) in [5.41, 5.74) is 9.48. The van der Waals surface area contributed by atoms with Crippen molar-refractivity contribution in [3.8, 4) is 11.3 Å². The van der Waals surface area contributed by atoms with Crippen molar-refractivity contribution in [2.45, 2.75) is 71.1 Å². The third kappa shape index (κ3) is 5.85. The lowest BCUT2D eigenvalue weighted by atomic mass is 9.91. The number of hydrogen-bond acceptors (Lipinski definition) is 8. The second-order valence-electron chi connectivity index (χ2n) is 9.56. The number of ether oxygens (including phenoxy) is 1. The molecule has 0 unspecified atom stereocenters.